The summed E-state index contributed by atoms with van der Waals surface area (Å²) in [6.45, 7) is 2.27. The number of hydrogen-bond acceptors (Lipinski definition) is 2. The summed E-state index contributed by atoms with van der Waals surface area (Å²) < 4.78 is 5.04. The number of fused-ring (bicyclic) bond motifs is 16. The molecule has 0 amide bonds. The number of benzene rings is 6. The molecule has 0 saturated carbocycles. The third-order valence-corrected chi connectivity index (χ3v) is 13.1. The van der Waals surface area contributed by atoms with Crippen molar-refractivity contribution in [2.45, 2.75) is 39.0 Å². The first kappa shape index (κ1) is 31.4. The summed E-state index contributed by atoms with van der Waals surface area (Å²) in [5, 5.41) is 11.3. The minimum atomic E-state index is 0.589. The molecule has 10 aromatic rings. The molecule has 0 spiro atoms. The molecule has 0 saturated heterocycles. The first-order chi connectivity index (χ1) is 28.2. The molecule has 6 aromatic carbocycles. The lowest BCUT2D eigenvalue weighted by molar-refractivity contribution is 0.739. The summed E-state index contributed by atoms with van der Waals surface area (Å²) in [4.78, 5) is 11.2. The Morgan fingerprint density at radius 1 is 0.579 bits per heavy atom. The van der Waals surface area contributed by atoms with Gasteiger partial charge in [-0.2, -0.15) is 0 Å². The highest BCUT2D eigenvalue weighted by molar-refractivity contribution is 6.39. The normalized spacial score (nSPS) is 16.6. The topological polar surface area (TPSA) is 35.1 Å². The van der Waals surface area contributed by atoms with Crippen molar-refractivity contribution in [2.24, 2.45) is 5.92 Å². The molecule has 13 rings (SSSR count). The Bertz CT molecular complexity index is 3490. The van der Waals surface area contributed by atoms with Crippen molar-refractivity contribution in [1.82, 2.24) is 18.9 Å². The van der Waals surface area contributed by atoms with Crippen LogP contribution >= 0.6 is 0 Å². The first-order valence-electron chi connectivity index (χ1n) is 20.5. The maximum Gasteiger partial charge on any atom is 0.235 e. The van der Waals surface area contributed by atoms with Gasteiger partial charge < -0.3 is 4.40 Å². The van der Waals surface area contributed by atoms with Crippen LogP contribution in [0, 0.1) is 5.92 Å². The van der Waals surface area contributed by atoms with E-state index in [9.17, 15) is 0 Å². The van der Waals surface area contributed by atoms with Crippen LogP contribution in [0.1, 0.15) is 54.3 Å². The van der Waals surface area contributed by atoms with E-state index < -0.39 is 0 Å². The minimum Gasteiger partial charge on any atom is -0.311 e. The van der Waals surface area contributed by atoms with Gasteiger partial charge in [-0.1, -0.05) is 147 Å². The molecule has 0 fully saturated rings. The van der Waals surface area contributed by atoms with Crippen LogP contribution in [-0.4, -0.2) is 18.9 Å². The predicted octanol–water partition coefficient (Wildman–Crippen LogP) is 13.4. The van der Waals surface area contributed by atoms with Gasteiger partial charge in [-0.05, 0) is 60.6 Å². The van der Waals surface area contributed by atoms with E-state index in [-0.39, 0.29) is 0 Å². The van der Waals surface area contributed by atoms with Crippen molar-refractivity contribution in [1.29, 1.82) is 0 Å². The number of nitrogens with zero attached hydrogens (tertiary/aromatic N) is 4. The van der Waals surface area contributed by atoms with E-state index in [1.165, 1.54) is 93.0 Å². The van der Waals surface area contributed by atoms with Crippen LogP contribution in [0.5, 0.6) is 0 Å². The van der Waals surface area contributed by atoms with Gasteiger partial charge in [0.1, 0.15) is 0 Å². The summed E-state index contributed by atoms with van der Waals surface area (Å²) in [7, 11) is 0. The standard InChI is InChI=1S/C53H38N4/c1-31-21-23-32(24-22-31)33-25-27-35(28-26-33)48-41-16-6-8-19-44(41)54-53(55-48)57-49-36-12-3-2-11-34(36)29-30-43(49)47-46-42-18-10-17-38-37-13-7-9-20-45(37)56(50(38)42)51(46)39-14-4-5-15-40(39)52(47)57/h2-5,7-8,10-15,17-19,21,23-31H,6,9,16,20,22H2,1H3. The molecule has 4 heteroatoms. The molecule has 1 unspecified atom stereocenters. The molecule has 0 radical (unpaired) electrons. The smallest absolute Gasteiger partial charge is 0.235 e. The largest absolute Gasteiger partial charge is 0.311 e. The summed E-state index contributed by atoms with van der Waals surface area (Å²) >= 11 is 0. The zero-order valence-electron chi connectivity index (χ0n) is 31.8. The van der Waals surface area contributed by atoms with E-state index in [0.717, 1.165) is 54.6 Å². The quantitative estimate of drug-likeness (QED) is 0.181. The number of allylic oxidation sites excluding steroid dienone is 6. The molecule has 4 heterocycles. The minimum absolute atomic E-state index is 0.589. The lowest BCUT2D eigenvalue weighted by Gasteiger charge is -2.18. The molecule has 0 aliphatic heterocycles. The van der Waals surface area contributed by atoms with E-state index in [2.05, 4.69) is 162 Å². The molecule has 4 aromatic heterocycles. The Morgan fingerprint density at radius 3 is 2.16 bits per heavy atom. The second-order valence-corrected chi connectivity index (χ2v) is 16.3. The fourth-order valence-corrected chi connectivity index (χ4v) is 10.5. The van der Waals surface area contributed by atoms with Gasteiger partial charge in [0.15, 0.2) is 0 Å². The van der Waals surface area contributed by atoms with Crippen LogP contribution in [0.3, 0.4) is 0 Å². The lowest BCUT2D eigenvalue weighted by Crippen LogP contribution is -2.10. The van der Waals surface area contributed by atoms with Gasteiger partial charge in [0.2, 0.25) is 5.95 Å². The molecule has 0 N–H and O–H groups in total. The van der Waals surface area contributed by atoms with Crippen molar-refractivity contribution < 1.29 is 0 Å². The van der Waals surface area contributed by atoms with Gasteiger partial charge in [-0.25, -0.2) is 9.97 Å². The van der Waals surface area contributed by atoms with E-state index in [0.29, 0.717) is 11.9 Å². The third-order valence-electron chi connectivity index (χ3n) is 13.1. The van der Waals surface area contributed by atoms with Crippen molar-refractivity contribution in [3.63, 3.8) is 0 Å². The summed E-state index contributed by atoms with van der Waals surface area (Å²) in [6.07, 6.45) is 21.2. The third kappa shape index (κ3) is 4.28. The van der Waals surface area contributed by atoms with Crippen molar-refractivity contribution in [2.75, 3.05) is 0 Å². The zero-order valence-corrected chi connectivity index (χ0v) is 31.8. The van der Waals surface area contributed by atoms with Crippen LogP contribution < -0.4 is 0 Å². The molecule has 3 aliphatic carbocycles. The Hall–Kier alpha value is -6.78. The van der Waals surface area contributed by atoms with E-state index >= 15 is 0 Å². The highest BCUT2D eigenvalue weighted by Gasteiger charge is 2.29. The SMILES string of the molecule is CC1C=CC(c2ccc(-c3nc(-n4c5c6ccccc6ccc5c5c6c7cccc8c9c(n(c87)c6c6ccccc6c54)CCC=C9)nc4c3CCC=C4)cc2)=CC1. The number of rotatable bonds is 3. The van der Waals surface area contributed by atoms with E-state index in [1.807, 2.05) is 0 Å². The van der Waals surface area contributed by atoms with Crippen LogP contribution in [0.4, 0.5) is 0 Å². The Morgan fingerprint density at radius 2 is 1.30 bits per heavy atom. The van der Waals surface area contributed by atoms with Gasteiger partial charge >= 0.3 is 0 Å². The number of aromatic nitrogens is 4. The first-order valence-corrected chi connectivity index (χ1v) is 20.5. The second kappa shape index (κ2) is 11.6. The average Bonchev–Trinajstić information content (AvgIpc) is 3.92. The fraction of sp³-hybridized carbons (Fsp3) is 0.132. The van der Waals surface area contributed by atoms with Gasteiger partial charge in [0.05, 0.1) is 33.5 Å². The summed E-state index contributed by atoms with van der Waals surface area (Å²) in [5.74, 6) is 1.30. The molecule has 0 bridgehead atoms. The van der Waals surface area contributed by atoms with Crippen molar-refractivity contribution in [3.05, 3.63) is 162 Å². The molecule has 1 atom stereocenters. The van der Waals surface area contributed by atoms with Gasteiger partial charge in [0, 0.05) is 65.5 Å². The maximum atomic E-state index is 5.66. The fourth-order valence-electron chi connectivity index (χ4n) is 10.5. The number of aryl methyl sites for hydroxylation is 1. The molecule has 4 nitrogen and oxygen atoms in total. The monoisotopic (exact) mass is 730 g/mol. The maximum absolute atomic E-state index is 5.66. The number of para-hydroxylation sites is 1. The Labute approximate surface area is 329 Å². The van der Waals surface area contributed by atoms with Crippen LogP contribution in [0.2, 0.25) is 0 Å². The summed E-state index contributed by atoms with van der Waals surface area (Å²) in [6, 6.07) is 38.5. The molecule has 57 heavy (non-hydrogen) atoms. The Kier molecular flexibility index (Phi) is 6.41. The highest BCUT2D eigenvalue weighted by atomic mass is 15.2. The Balaban J connectivity index is 1.18. The van der Waals surface area contributed by atoms with Gasteiger partial charge in [0.25, 0.3) is 0 Å². The molecule has 270 valence electrons. The molecular formula is C53H38N4. The molecular weight excluding hydrogens is 693 g/mol. The van der Waals surface area contributed by atoms with Crippen LogP contribution in [0.25, 0.3) is 105 Å². The average molecular weight is 731 g/mol. The molecule has 3 aliphatic rings. The van der Waals surface area contributed by atoms with E-state index in [1.54, 1.807) is 0 Å². The van der Waals surface area contributed by atoms with Crippen molar-refractivity contribution in [3.8, 4) is 17.2 Å². The van der Waals surface area contributed by atoms with E-state index in [4.69, 9.17) is 9.97 Å². The lowest BCUT2D eigenvalue weighted by atomic mass is 9.92. The second-order valence-electron chi connectivity index (χ2n) is 16.3. The summed E-state index contributed by atoms with van der Waals surface area (Å²) in [5.41, 5.74) is 14.7. The number of hydrogen-bond donors (Lipinski definition) is 0. The highest BCUT2D eigenvalue weighted by Crippen LogP contribution is 2.50. The zero-order chi connectivity index (χ0) is 37.4. The van der Waals surface area contributed by atoms with Gasteiger partial charge in [-0.3, -0.25) is 4.57 Å². The van der Waals surface area contributed by atoms with Crippen LogP contribution in [-0.2, 0) is 12.8 Å². The van der Waals surface area contributed by atoms with Gasteiger partial charge in [-0.15, -0.1) is 0 Å². The van der Waals surface area contributed by atoms with Crippen LogP contribution in [0.15, 0.2) is 134 Å². The predicted molar refractivity (Wildman–Crippen MR) is 240 cm³/mol. The van der Waals surface area contributed by atoms with Crippen molar-refractivity contribution >= 4 is 88.3 Å².